The van der Waals surface area contributed by atoms with Crippen LogP contribution < -0.4 is 10.1 Å². The van der Waals surface area contributed by atoms with Gasteiger partial charge in [0.1, 0.15) is 11.1 Å². The summed E-state index contributed by atoms with van der Waals surface area (Å²) in [4.78, 5) is 32.8. The molecule has 1 aliphatic heterocycles. The summed E-state index contributed by atoms with van der Waals surface area (Å²) in [6.07, 6.45) is 1.66. The number of amides is 1. The van der Waals surface area contributed by atoms with Gasteiger partial charge in [-0.15, -0.1) is 11.3 Å². The number of thiazole rings is 1. The van der Waals surface area contributed by atoms with E-state index in [9.17, 15) is 4.79 Å². The third-order valence-corrected chi connectivity index (χ3v) is 4.71. The average molecular weight is 380 g/mol. The minimum atomic E-state index is -0.0837. The molecule has 0 atom stereocenters. The molecule has 4 rings (SSSR count). The maximum atomic E-state index is 11.2. The number of nitrogens with zero attached hydrogens (tertiary/aromatic N) is 5. The smallest absolute Gasteiger partial charge is 0.296 e. The Morgan fingerprint density at radius 3 is 3.04 bits per heavy atom. The van der Waals surface area contributed by atoms with Crippen LogP contribution in [0.1, 0.15) is 11.9 Å². The van der Waals surface area contributed by atoms with Gasteiger partial charge in [0.2, 0.25) is 11.2 Å². The molecule has 0 radical (unpaired) electrons. The highest BCUT2D eigenvalue weighted by atomic mass is 35.5. The van der Waals surface area contributed by atoms with Gasteiger partial charge in [-0.2, -0.15) is 15.0 Å². The van der Waals surface area contributed by atoms with E-state index in [-0.39, 0.29) is 17.3 Å². The first-order valence-corrected chi connectivity index (χ1v) is 8.82. The van der Waals surface area contributed by atoms with E-state index in [0.29, 0.717) is 42.6 Å². The van der Waals surface area contributed by atoms with Crippen molar-refractivity contribution in [2.45, 2.75) is 19.6 Å². The predicted octanol–water partition coefficient (Wildman–Crippen LogP) is 1.68. The monoisotopic (exact) mass is 379 g/mol. The number of carbonyl (C=O) groups excluding carboxylic acids is 1. The number of nitrogens with one attached hydrogen (secondary N) is 2. The summed E-state index contributed by atoms with van der Waals surface area (Å²) in [5.74, 6) is 0.547. The summed E-state index contributed by atoms with van der Waals surface area (Å²) in [6, 6.07) is 0.331. The van der Waals surface area contributed by atoms with Gasteiger partial charge in [0.15, 0.2) is 17.0 Å². The molecule has 1 saturated heterocycles. The lowest BCUT2D eigenvalue weighted by molar-refractivity contribution is -0.137. The highest BCUT2D eigenvalue weighted by Gasteiger charge is 2.31. The van der Waals surface area contributed by atoms with Crippen molar-refractivity contribution >= 4 is 45.8 Å². The van der Waals surface area contributed by atoms with Crippen LogP contribution in [0.4, 0.5) is 5.82 Å². The van der Waals surface area contributed by atoms with Crippen LogP contribution in [-0.4, -0.2) is 54.9 Å². The molecule has 0 bridgehead atoms. The quantitative estimate of drug-likeness (QED) is 0.649. The summed E-state index contributed by atoms with van der Waals surface area (Å²) in [5, 5.41) is 6.11. The molecule has 130 valence electrons. The van der Waals surface area contributed by atoms with E-state index < -0.39 is 0 Å². The minimum Gasteiger partial charge on any atom is -0.458 e. The Morgan fingerprint density at radius 2 is 2.32 bits per heavy atom. The number of fused-ring (bicyclic) bond motifs is 1. The lowest BCUT2D eigenvalue weighted by Crippen LogP contribution is -2.55. The molecule has 0 unspecified atom stereocenters. The number of anilines is 1. The van der Waals surface area contributed by atoms with E-state index in [4.69, 9.17) is 16.3 Å². The fourth-order valence-electron chi connectivity index (χ4n) is 2.46. The van der Waals surface area contributed by atoms with E-state index in [1.54, 1.807) is 22.4 Å². The number of hydrogen-bond acceptors (Lipinski definition) is 8. The van der Waals surface area contributed by atoms with Gasteiger partial charge in [-0.1, -0.05) is 0 Å². The zero-order valence-electron chi connectivity index (χ0n) is 13.2. The Morgan fingerprint density at radius 1 is 1.48 bits per heavy atom. The number of hydrogen-bond donors (Lipinski definition) is 2. The molecular formula is C14H14ClN7O2S. The zero-order valence-corrected chi connectivity index (χ0v) is 14.8. The number of imidazole rings is 1. The number of H-pyrrole nitrogens is 1. The van der Waals surface area contributed by atoms with Gasteiger partial charge in [0, 0.05) is 18.5 Å². The SMILES string of the molecule is CC(=O)N1CC(Oc2nc3c(NCc4nccs4)nc(Cl)nc3[nH]2)C1. The van der Waals surface area contributed by atoms with Gasteiger partial charge in [-0.25, -0.2) is 4.98 Å². The molecule has 3 aromatic heterocycles. The second-order valence-corrected chi connectivity index (χ2v) is 6.84. The van der Waals surface area contributed by atoms with Crippen LogP contribution in [0.2, 0.25) is 5.28 Å². The van der Waals surface area contributed by atoms with Crippen LogP contribution in [0.5, 0.6) is 6.01 Å². The van der Waals surface area contributed by atoms with Crippen molar-refractivity contribution in [2.24, 2.45) is 0 Å². The van der Waals surface area contributed by atoms with E-state index in [1.807, 2.05) is 5.38 Å². The van der Waals surface area contributed by atoms with Crippen LogP contribution in [0, 0.1) is 0 Å². The van der Waals surface area contributed by atoms with Crippen molar-refractivity contribution in [3.05, 3.63) is 21.9 Å². The molecule has 1 aliphatic rings. The molecule has 3 aromatic rings. The van der Waals surface area contributed by atoms with Crippen molar-refractivity contribution in [3.8, 4) is 6.01 Å². The Kier molecular flexibility index (Phi) is 4.14. The van der Waals surface area contributed by atoms with Gasteiger partial charge in [-0.05, 0) is 11.6 Å². The first-order chi connectivity index (χ1) is 12.1. The number of likely N-dealkylation sites (tertiary alicyclic amines) is 1. The van der Waals surface area contributed by atoms with E-state index >= 15 is 0 Å². The second-order valence-electron chi connectivity index (χ2n) is 5.52. The topological polar surface area (TPSA) is 109 Å². The first kappa shape index (κ1) is 16.0. The second kappa shape index (κ2) is 6.45. The van der Waals surface area contributed by atoms with Gasteiger partial charge < -0.3 is 15.0 Å². The molecular weight excluding hydrogens is 366 g/mol. The lowest BCUT2D eigenvalue weighted by Gasteiger charge is -2.37. The maximum Gasteiger partial charge on any atom is 0.296 e. The molecule has 9 nitrogen and oxygen atoms in total. The van der Waals surface area contributed by atoms with E-state index in [1.165, 1.54) is 6.92 Å². The van der Waals surface area contributed by atoms with E-state index in [0.717, 1.165) is 5.01 Å². The van der Waals surface area contributed by atoms with Gasteiger partial charge in [-0.3, -0.25) is 9.78 Å². The Bertz CT molecular complexity index is 907. The van der Waals surface area contributed by atoms with Gasteiger partial charge in [0.25, 0.3) is 6.01 Å². The summed E-state index contributed by atoms with van der Waals surface area (Å²) in [6.45, 7) is 3.15. The van der Waals surface area contributed by atoms with Crippen LogP contribution in [0.15, 0.2) is 11.6 Å². The summed E-state index contributed by atoms with van der Waals surface area (Å²) in [7, 11) is 0. The molecule has 0 spiro atoms. The van der Waals surface area contributed by atoms with Crippen molar-refractivity contribution in [2.75, 3.05) is 18.4 Å². The third-order valence-electron chi connectivity index (χ3n) is 3.76. The van der Waals surface area contributed by atoms with Crippen molar-refractivity contribution in [1.82, 2.24) is 29.8 Å². The molecule has 25 heavy (non-hydrogen) atoms. The largest absolute Gasteiger partial charge is 0.458 e. The molecule has 4 heterocycles. The first-order valence-electron chi connectivity index (χ1n) is 7.56. The Hall–Kier alpha value is -2.46. The molecule has 2 N–H and O–H groups in total. The summed E-state index contributed by atoms with van der Waals surface area (Å²) >= 11 is 7.53. The van der Waals surface area contributed by atoms with Gasteiger partial charge >= 0.3 is 0 Å². The molecule has 1 amide bonds. The molecule has 0 aromatic carbocycles. The average Bonchev–Trinajstić information content (AvgIpc) is 3.16. The number of carbonyl (C=O) groups is 1. The van der Waals surface area contributed by atoms with Gasteiger partial charge in [0.05, 0.1) is 19.6 Å². The highest BCUT2D eigenvalue weighted by Crippen LogP contribution is 2.25. The minimum absolute atomic E-state index is 0.0378. The number of aromatic amines is 1. The number of aromatic nitrogens is 5. The highest BCUT2D eigenvalue weighted by molar-refractivity contribution is 7.09. The van der Waals surface area contributed by atoms with Crippen LogP contribution in [0.3, 0.4) is 0 Å². The standard InChI is InChI=1S/C14H14ClN7O2S/c1-7(23)22-5-8(6-22)24-14-18-10-11(17-4-9-16-2-3-25-9)19-13(15)20-12(10)21-14/h2-3,8H,4-6H2,1H3,(H2,17,18,19,20,21). The molecule has 0 saturated carbocycles. The molecule has 1 fully saturated rings. The summed E-state index contributed by atoms with van der Waals surface area (Å²) < 4.78 is 5.75. The fourth-order valence-corrected chi connectivity index (χ4v) is 3.18. The lowest BCUT2D eigenvalue weighted by atomic mass is 10.2. The van der Waals surface area contributed by atoms with Crippen LogP contribution >= 0.6 is 22.9 Å². The number of halogens is 1. The Balaban J connectivity index is 1.51. The third kappa shape index (κ3) is 3.35. The molecule has 11 heteroatoms. The predicted molar refractivity (Wildman–Crippen MR) is 92.8 cm³/mol. The maximum absolute atomic E-state index is 11.2. The van der Waals surface area contributed by atoms with E-state index in [2.05, 4.69) is 30.2 Å². The molecule has 0 aliphatic carbocycles. The fraction of sp³-hybridized carbons (Fsp3) is 0.357. The van der Waals surface area contributed by atoms with Crippen LogP contribution in [0.25, 0.3) is 11.2 Å². The Labute approximate surface area is 151 Å². The van der Waals surface area contributed by atoms with Crippen LogP contribution in [-0.2, 0) is 11.3 Å². The van der Waals surface area contributed by atoms with Crippen molar-refractivity contribution in [3.63, 3.8) is 0 Å². The van der Waals surface area contributed by atoms with Crippen molar-refractivity contribution < 1.29 is 9.53 Å². The zero-order chi connectivity index (χ0) is 17.4. The normalized spacial score (nSPS) is 14.6. The summed E-state index contributed by atoms with van der Waals surface area (Å²) in [5.41, 5.74) is 1.03. The van der Waals surface area contributed by atoms with Crippen molar-refractivity contribution in [1.29, 1.82) is 0 Å². The number of ether oxygens (including phenoxy) is 1. The number of rotatable bonds is 5.